The number of nitrogens with one attached hydrogen (secondary N) is 1. The molecule has 3 rings (SSSR count). The van der Waals surface area contributed by atoms with Crippen molar-refractivity contribution in [2.45, 2.75) is 17.1 Å². The zero-order valence-electron chi connectivity index (χ0n) is 11.6. The molecule has 1 aliphatic heterocycles. The van der Waals surface area contributed by atoms with Crippen LogP contribution < -0.4 is 10.1 Å². The van der Waals surface area contributed by atoms with Crippen LogP contribution in [0.2, 0.25) is 5.02 Å². The summed E-state index contributed by atoms with van der Waals surface area (Å²) in [7, 11) is 0. The van der Waals surface area contributed by atoms with Crippen LogP contribution in [0.5, 0.6) is 5.75 Å². The number of benzene rings is 2. The average Bonchev–Trinajstić information content (AvgIpc) is 2.50. The number of fused-ring (bicyclic) bond motifs is 1. The van der Waals surface area contributed by atoms with Crippen molar-refractivity contribution in [3.8, 4) is 5.75 Å². The largest absolute Gasteiger partial charge is 0.423 e. The summed E-state index contributed by atoms with van der Waals surface area (Å²) in [4.78, 5) is 24.8. The van der Waals surface area contributed by atoms with E-state index in [1.807, 2.05) is 13.0 Å². The number of thioether (sulfide) groups is 1. The highest BCUT2D eigenvalue weighted by molar-refractivity contribution is 8.00. The molecule has 0 fully saturated rings. The molecular weight excluding hydrogens is 322 g/mol. The summed E-state index contributed by atoms with van der Waals surface area (Å²) in [5.41, 5.74) is 1.02. The van der Waals surface area contributed by atoms with Gasteiger partial charge in [0, 0.05) is 9.92 Å². The van der Waals surface area contributed by atoms with Gasteiger partial charge in [-0.25, -0.2) is 4.79 Å². The SMILES string of the molecule is CC1Sc2ccc(C(=O)Oc3ccc(Cl)cc3)cc2NC1=O. The maximum absolute atomic E-state index is 12.2. The summed E-state index contributed by atoms with van der Waals surface area (Å²) in [5.74, 6) is -0.136. The smallest absolute Gasteiger partial charge is 0.343 e. The van der Waals surface area contributed by atoms with Crippen LogP contribution in [0.15, 0.2) is 47.4 Å². The molecule has 1 N–H and O–H groups in total. The van der Waals surface area contributed by atoms with Crippen molar-refractivity contribution in [2.24, 2.45) is 0 Å². The van der Waals surface area contributed by atoms with E-state index in [1.165, 1.54) is 11.8 Å². The van der Waals surface area contributed by atoms with Crippen LogP contribution in [0.25, 0.3) is 0 Å². The third-order valence-corrected chi connectivity index (χ3v) is 4.60. The molecule has 1 amide bonds. The molecule has 0 aliphatic carbocycles. The molecule has 0 bridgehead atoms. The number of hydrogen-bond donors (Lipinski definition) is 1. The first kappa shape index (κ1) is 14.9. The molecule has 0 saturated carbocycles. The van der Waals surface area contributed by atoms with Gasteiger partial charge in [-0.15, -0.1) is 11.8 Å². The fourth-order valence-electron chi connectivity index (χ4n) is 2.00. The Bertz CT molecular complexity index is 746. The first-order chi connectivity index (χ1) is 10.5. The lowest BCUT2D eigenvalue weighted by Gasteiger charge is -2.21. The summed E-state index contributed by atoms with van der Waals surface area (Å²) in [6, 6.07) is 11.7. The Labute approximate surface area is 136 Å². The maximum Gasteiger partial charge on any atom is 0.343 e. The lowest BCUT2D eigenvalue weighted by Crippen LogP contribution is -2.26. The topological polar surface area (TPSA) is 55.4 Å². The van der Waals surface area contributed by atoms with Crippen molar-refractivity contribution in [1.29, 1.82) is 0 Å². The lowest BCUT2D eigenvalue weighted by atomic mass is 10.2. The van der Waals surface area contributed by atoms with E-state index in [9.17, 15) is 9.59 Å². The molecule has 2 aromatic rings. The van der Waals surface area contributed by atoms with E-state index in [0.717, 1.165) is 4.90 Å². The Hall–Kier alpha value is -1.98. The quantitative estimate of drug-likeness (QED) is 0.667. The molecule has 4 nitrogen and oxygen atoms in total. The lowest BCUT2D eigenvalue weighted by molar-refractivity contribution is -0.115. The standard InChI is InChI=1S/C16H12ClNO3S/c1-9-15(19)18-13-8-10(2-7-14(13)22-9)16(20)21-12-5-3-11(17)4-6-12/h2-9H,1H3,(H,18,19). The second-order valence-electron chi connectivity index (χ2n) is 4.80. The molecule has 1 unspecified atom stereocenters. The molecule has 22 heavy (non-hydrogen) atoms. The molecule has 1 aliphatic rings. The number of halogens is 1. The minimum atomic E-state index is -0.483. The van der Waals surface area contributed by atoms with Crippen LogP contribution in [-0.4, -0.2) is 17.1 Å². The van der Waals surface area contributed by atoms with Crippen LogP contribution in [0.3, 0.4) is 0 Å². The molecule has 0 radical (unpaired) electrons. The van der Waals surface area contributed by atoms with Crippen molar-refractivity contribution in [2.75, 3.05) is 5.32 Å². The Morgan fingerprint density at radius 2 is 1.95 bits per heavy atom. The highest BCUT2D eigenvalue weighted by Gasteiger charge is 2.24. The van der Waals surface area contributed by atoms with E-state index in [1.54, 1.807) is 36.4 Å². The first-order valence-corrected chi connectivity index (χ1v) is 7.88. The van der Waals surface area contributed by atoms with Gasteiger partial charge in [0.05, 0.1) is 16.5 Å². The van der Waals surface area contributed by atoms with Crippen molar-refractivity contribution < 1.29 is 14.3 Å². The summed E-state index contributed by atoms with van der Waals surface area (Å²) in [6.45, 7) is 1.84. The summed E-state index contributed by atoms with van der Waals surface area (Å²) >= 11 is 7.25. The van der Waals surface area contributed by atoms with E-state index >= 15 is 0 Å². The fraction of sp³-hybridized carbons (Fsp3) is 0.125. The number of carbonyl (C=O) groups is 2. The van der Waals surface area contributed by atoms with Crippen LogP contribution in [0, 0.1) is 0 Å². The highest BCUT2D eigenvalue weighted by Crippen LogP contribution is 2.36. The second-order valence-corrected chi connectivity index (χ2v) is 6.62. The highest BCUT2D eigenvalue weighted by atomic mass is 35.5. The zero-order chi connectivity index (χ0) is 15.7. The van der Waals surface area contributed by atoms with E-state index in [2.05, 4.69) is 5.32 Å². The van der Waals surface area contributed by atoms with Gasteiger partial charge < -0.3 is 10.1 Å². The molecule has 1 atom stereocenters. The molecular formula is C16H12ClNO3S. The third-order valence-electron chi connectivity index (χ3n) is 3.17. The van der Waals surface area contributed by atoms with Crippen molar-refractivity contribution in [1.82, 2.24) is 0 Å². The number of carbonyl (C=O) groups excluding carboxylic acids is 2. The van der Waals surface area contributed by atoms with Gasteiger partial charge in [-0.3, -0.25) is 4.79 Å². The predicted octanol–water partition coefficient (Wildman–Crippen LogP) is 3.99. The molecule has 2 aromatic carbocycles. The van der Waals surface area contributed by atoms with Crippen LogP contribution in [-0.2, 0) is 4.79 Å². The maximum atomic E-state index is 12.2. The molecule has 0 aromatic heterocycles. The van der Waals surface area contributed by atoms with Crippen molar-refractivity contribution in [3.05, 3.63) is 53.1 Å². The number of anilines is 1. The molecule has 0 spiro atoms. The normalized spacial score (nSPS) is 16.6. The minimum Gasteiger partial charge on any atom is -0.423 e. The van der Waals surface area contributed by atoms with Gasteiger partial charge in [0.2, 0.25) is 5.91 Å². The van der Waals surface area contributed by atoms with Crippen LogP contribution in [0.1, 0.15) is 17.3 Å². The van der Waals surface area contributed by atoms with Crippen molar-refractivity contribution >= 4 is 40.9 Å². The van der Waals surface area contributed by atoms with Gasteiger partial charge >= 0.3 is 5.97 Å². The Kier molecular flexibility index (Phi) is 4.09. The van der Waals surface area contributed by atoms with E-state index in [4.69, 9.17) is 16.3 Å². The zero-order valence-corrected chi connectivity index (χ0v) is 13.2. The van der Waals surface area contributed by atoms with Crippen LogP contribution >= 0.6 is 23.4 Å². The average molecular weight is 334 g/mol. The number of esters is 1. The predicted molar refractivity (Wildman–Crippen MR) is 86.8 cm³/mol. The van der Waals surface area contributed by atoms with E-state index in [0.29, 0.717) is 22.0 Å². The molecule has 0 saturated heterocycles. The van der Waals surface area contributed by atoms with Gasteiger partial charge in [0.15, 0.2) is 0 Å². The number of amides is 1. The summed E-state index contributed by atoms with van der Waals surface area (Å²) in [6.07, 6.45) is 0. The van der Waals surface area contributed by atoms with Gasteiger partial charge in [0.25, 0.3) is 0 Å². The second kappa shape index (κ2) is 6.02. The monoisotopic (exact) mass is 333 g/mol. The van der Waals surface area contributed by atoms with Gasteiger partial charge in [0.1, 0.15) is 5.75 Å². The minimum absolute atomic E-state index is 0.0688. The summed E-state index contributed by atoms with van der Waals surface area (Å²) < 4.78 is 5.28. The van der Waals surface area contributed by atoms with Gasteiger partial charge in [-0.1, -0.05) is 11.6 Å². The Morgan fingerprint density at radius 3 is 2.68 bits per heavy atom. The third kappa shape index (κ3) is 3.10. The molecule has 6 heteroatoms. The number of hydrogen-bond acceptors (Lipinski definition) is 4. The van der Waals surface area contributed by atoms with Gasteiger partial charge in [-0.05, 0) is 49.4 Å². The number of ether oxygens (including phenoxy) is 1. The molecule has 1 heterocycles. The van der Waals surface area contributed by atoms with Crippen LogP contribution in [0.4, 0.5) is 5.69 Å². The summed E-state index contributed by atoms with van der Waals surface area (Å²) in [5, 5.41) is 3.22. The van der Waals surface area contributed by atoms with Crippen molar-refractivity contribution in [3.63, 3.8) is 0 Å². The van der Waals surface area contributed by atoms with E-state index < -0.39 is 5.97 Å². The van der Waals surface area contributed by atoms with E-state index in [-0.39, 0.29) is 11.2 Å². The Balaban J connectivity index is 1.80. The molecule has 112 valence electrons. The first-order valence-electron chi connectivity index (χ1n) is 6.62. The number of rotatable bonds is 2. The van der Waals surface area contributed by atoms with Gasteiger partial charge in [-0.2, -0.15) is 0 Å². The Morgan fingerprint density at radius 1 is 1.23 bits per heavy atom. The fourth-order valence-corrected chi connectivity index (χ4v) is 3.06.